The van der Waals surface area contributed by atoms with Crippen LogP contribution in [0.15, 0.2) is 24.3 Å². The topological polar surface area (TPSA) is 43.1 Å². The molecule has 1 rings (SSSR count). The van der Waals surface area contributed by atoms with Gasteiger partial charge in [-0.15, -0.1) is 0 Å². The summed E-state index contributed by atoms with van der Waals surface area (Å²) in [7, 11) is 0. The number of aryl methyl sites for hydroxylation is 1. The predicted octanol–water partition coefficient (Wildman–Crippen LogP) is 2.87. The fraction of sp³-hybridized carbons (Fsp3) is 0.250. The molecule has 0 saturated carbocycles. The minimum absolute atomic E-state index is 0.143. The average molecular weight is 221 g/mol. The van der Waals surface area contributed by atoms with Crippen LogP contribution in [0.2, 0.25) is 0 Å². The van der Waals surface area contributed by atoms with Crippen LogP contribution in [0, 0.1) is 6.92 Å². The largest absolute Gasteiger partial charge is 0.399 e. The lowest BCUT2D eigenvalue weighted by Gasteiger charge is -2.01. The summed E-state index contributed by atoms with van der Waals surface area (Å²) >= 11 is 1.30. The molecule has 0 unspecified atom stereocenters. The zero-order valence-electron chi connectivity index (χ0n) is 8.99. The van der Waals surface area contributed by atoms with E-state index in [1.807, 2.05) is 37.3 Å². The summed E-state index contributed by atoms with van der Waals surface area (Å²) in [6.45, 7) is 3.61. The Morgan fingerprint density at radius 2 is 2.27 bits per heavy atom. The molecule has 0 heterocycles. The van der Waals surface area contributed by atoms with Crippen molar-refractivity contribution in [3.05, 3.63) is 35.4 Å². The van der Waals surface area contributed by atoms with E-state index in [9.17, 15) is 4.79 Å². The van der Waals surface area contributed by atoms with Crippen molar-refractivity contribution in [1.82, 2.24) is 0 Å². The number of carbonyl (C=O) groups excluding carboxylic acids is 1. The summed E-state index contributed by atoms with van der Waals surface area (Å²) in [5.74, 6) is 0.712. The van der Waals surface area contributed by atoms with Crippen LogP contribution in [0.4, 0.5) is 5.69 Å². The molecule has 0 saturated heterocycles. The number of rotatable bonds is 3. The Labute approximate surface area is 94.6 Å². The maximum Gasteiger partial charge on any atom is 0.186 e. The van der Waals surface area contributed by atoms with Crippen molar-refractivity contribution in [3.63, 3.8) is 0 Å². The SMILES string of the molecule is CC(=O)SCC=Cc1cc(N)ccc1C. The van der Waals surface area contributed by atoms with Gasteiger partial charge in [-0.05, 0) is 30.2 Å². The number of hydrogen-bond acceptors (Lipinski definition) is 3. The second-order valence-corrected chi connectivity index (χ2v) is 4.52. The monoisotopic (exact) mass is 221 g/mol. The standard InChI is InChI=1S/C12H15NOS/c1-9-5-6-12(13)8-11(9)4-3-7-15-10(2)14/h3-6,8H,7,13H2,1-2H3. The lowest BCUT2D eigenvalue weighted by molar-refractivity contribution is -0.109. The third-order valence-corrected chi connectivity index (χ3v) is 2.75. The quantitative estimate of drug-likeness (QED) is 0.798. The van der Waals surface area contributed by atoms with Crippen molar-refractivity contribution in [2.45, 2.75) is 13.8 Å². The summed E-state index contributed by atoms with van der Waals surface area (Å²) in [4.78, 5) is 10.7. The Kier molecular flexibility index (Phi) is 4.43. The van der Waals surface area contributed by atoms with Gasteiger partial charge in [0.15, 0.2) is 5.12 Å². The number of anilines is 1. The Morgan fingerprint density at radius 1 is 1.53 bits per heavy atom. The van der Waals surface area contributed by atoms with Crippen LogP contribution in [0.25, 0.3) is 6.08 Å². The molecule has 2 nitrogen and oxygen atoms in total. The molecule has 0 fully saturated rings. The molecule has 0 aliphatic heterocycles. The number of carbonyl (C=O) groups is 1. The minimum Gasteiger partial charge on any atom is -0.399 e. The summed E-state index contributed by atoms with van der Waals surface area (Å²) in [5.41, 5.74) is 8.75. The first-order chi connectivity index (χ1) is 7.09. The molecule has 0 radical (unpaired) electrons. The summed E-state index contributed by atoms with van der Waals surface area (Å²) < 4.78 is 0. The molecule has 2 N–H and O–H groups in total. The third kappa shape index (κ3) is 4.21. The van der Waals surface area contributed by atoms with E-state index in [1.165, 1.54) is 17.3 Å². The molecule has 1 aromatic carbocycles. The zero-order valence-corrected chi connectivity index (χ0v) is 9.80. The van der Waals surface area contributed by atoms with Crippen LogP contribution in [0.1, 0.15) is 18.1 Å². The molecule has 0 atom stereocenters. The fourth-order valence-electron chi connectivity index (χ4n) is 1.18. The molecule has 0 aromatic heterocycles. The van der Waals surface area contributed by atoms with Gasteiger partial charge in [0, 0.05) is 18.4 Å². The predicted molar refractivity (Wildman–Crippen MR) is 67.8 cm³/mol. The molecule has 3 heteroatoms. The maximum absolute atomic E-state index is 10.7. The van der Waals surface area contributed by atoms with Gasteiger partial charge in [-0.1, -0.05) is 30.0 Å². The van der Waals surface area contributed by atoms with Crippen LogP contribution >= 0.6 is 11.8 Å². The van der Waals surface area contributed by atoms with Crippen molar-refractivity contribution in [2.75, 3.05) is 11.5 Å². The van der Waals surface area contributed by atoms with Crippen molar-refractivity contribution >= 4 is 28.6 Å². The number of nitrogens with two attached hydrogens (primary N) is 1. The number of thioether (sulfide) groups is 1. The molecule has 0 bridgehead atoms. The van der Waals surface area contributed by atoms with Gasteiger partial charge < -0.3 is 5.73 Å². The Hall–Kier alpha value is -1.22. The van der Waals surface area contributed by atoms with E-state index >= 15 is 0 Å². The van der Waals surface area contributed by atoms with Gasteiger partial charge in [-0.25, -0.2) is 0 Å². The van der Waals surface area contributed by atoms with E-state index < -0.39 is 0 Å². The first kappa shape index (κ1) is 11.9. The minimum atomic E-state index is 0.143. The van der Waals surface area contributed by atoms with Crippen LogP contribution in [-0.4, -0.2) is 10.9 Å². The van der Waals surface area contributed by atoms with Gasteiger partial charge in [0.05, 0.1) is 0 Å². The first-order valence-electron chi connectivity index (χ1n) is 4.75. The highest BCUT2D eigenvalue weighted by molar-refractivity contribution is 8.13. The van der Waals surface area contributed by atoms with E-state index in [-0.39, 0.29) is 5.12 Å². The fourth-order valence-corrected chi connectivity index (χ4v) is 1.61. The summed E-state index contributed by atoms with van der Waals surface area (Å²) in [6.07, 6.45) is 3.98. The molecule has 0 amide bonds. The molecule has 0 aliphatic carbocycles. The second kappa shape index (κ2) is 5.61. The van der Waals surface area contributed by atoms with Crippen LogP contribution in [0.5, 0.6) is 0 Å². The average Bonchev–Trinajstić information content (AvgIpc) is 2.17. The Bertz CT molecular complexity index is 385. The molecule has 0 aliphatic rings. The number of hydrogen-bond donors (Lipinski definition) is 1. The smallest absolute Gasteiger partial charge is 0.186 e. The highest BCUT2D eigenvalue weighted by Crippen LogP contribution is 2.14. The van der Waals surface area contributed by atoms with E-state index in [4.69, 9.17) is 5.73 Å². The van der Waals surface area contributed by atoms with Crippen LogP contribution < -0.4 is 5.73 Å². The number of benzene rings is 1. The molecular formula is C12H15NOS. The Morgan fingerprint density at radius 3 is 2.93 bits per heavy atom. The van der Waals surface area contributed by atoms with Gasteiger partial charge in [0.25, 0.3) is 0 Å². The normalized spacial score (nSPS) is 10.8. The van der Waals surface area contributed by atoms with Gasteiger partial charge >= 0.3 is 0 Å². The van der Waals surface area contributed by atoms with Crippen molar-refractivity contribution < 1.29 is 4.79 Å². The van der Waals surface area contributed by atoms with Crippen LogP contribution in [-0.2, 0) is 4.79 Å². The van der Waals surface area contributed by atoms with E-state index in [0.29, 0.717) is 5.75 Å². The van der Waals surface area contributed by atoms with Crippen molar-refractivity contribution in [3.8, 4) is 0 Å². The van der Waals surface area contributed by atoms with E-state index in [0.717, 1.165) is 11.3 Å². The van der Waals surface area contributed by atoms with Crippen molar-refractivity contribution in [1.29, 1.82) is 0 Å². The highest BCUT2D eigenvalue weighted by Gasteiger charge is 1.94. The maximum atomic E-state index is 10.7. The van der Waals surface area contributed by atoms with E-state index in [2.05, 4.69) is 0 Å². The third-order valence-electron chi connectivity index (χ3n) is 1.98. The second-order valence-electron chi connectivity index (χ2n) is 3.32. The van der Waals surface area contributed by atoms with Gasteiger partial charge in [-0.3, -0.25) is 4.79 Å². The highest BCUT2D eigenvalue weighted by atomic mass is 32.2. The van der Waals surface area contributed by atoms with E-state index in [1.54, 1.807) is 6.92 Å². The van der Waals surface area contributed by atoms with Crippen LogP contribution in [0.3, 0.4) is 0 Å². The molecule has 80 valence electrons. The van der Waals surface area contributed by atoms with Gasteiger partial charge in [0.2, 0.25) is 0 Å². The van der Waals surface area contributed by atoms with Gasteiger partial charge in [-0.2, -0.15) is 0 Å². The van der Waals surface area contributed by atoms with Crippen molar-refractivity contribution in [2.24, 2.45) is 0 Å². The first-order valence-corrected chi connectivity index (χ1v) is 5.74. The molecule has 1 aromatic rings. The Balaban J connectivity index is 2.63. The molecule has 15 heavy (non-hydrogen) atoms. The summed E-state index contributed by atoms with van der Waals surface area (Å²) in [5, 5.41) is 0.143. The number of nitrogen functional groups attached to an aromatic ring is 1. The molecular weight excluding hydrogens is 206 g/mol. The van der Waals surface area contributed by atoms with Gasteiger partial charge in [0.1, 0.15) is 0 Å². The lowest BCUT2D eigenvalue weighted by Crippen LogP contribution is -1.88. The zero-order chi connectivity index (χ0) is 11.3. The molecule has 0 spiro atoms. The lowest BCUT2D eigenvalue weighted by atomic mass is 10.1. The summed E-state index contributed by atoms with van der Waals surface area (Å²) in [6, 6.07) is 5.81.